The Morgan fingerprint density at radius 2 is 1.74 bits per heavy atom. The van der Waals surface area contributed by atoms with Gasteiger partial charge >= 0.3 is 0 Å². The van der Waals surface area contributed by atoms with Gasteiger partial charge in [0.15, 0.2) is 11.0 Å². The number of thiophene rings is 1. The Kier molecular flexibility index (Phi) is 6.33. The number of thioether (sulfide) groups is 1. The van der Waals surface area contributed by atoms with Gasteiger partial charge in [0.1, 0.15) is 11.5 Å². The van der Waals surface area contributed by atoms with Crippen molar-refractivity contribution >= 4 is 23.1 Å². The third-order valence-corrected chi connectivity index (χ3v) is 7.00. The SMILES string of the molecule is COc1ccc(-n2c(SC(C)c3nnc(-c4cccs4)o3)nnc2-c2ccccc2OC)cc1. The van der Waals surface area contributed by atoms with Gasteiger partial charge in [-0.2, -0.15) is 0 Å². The van der Waals surface area contributed by atoms with Crippen LogP contribution in [-0.4, -0.2) is 39.2 Å². The van der Waals surface area contributed by atoms with Crippen LogP contribution in [0.25, 0.3) is 27.8 Å². The zero-order valence-electron chi connectivity index (χ0n) is 18.7. The molecule has 1 atom stereocenters. The number of para-hydroxylation sites is 1. The summed E-state index contributed by atoms with van der Waals surface area (Å²) in [5.41, 5.74) is 1.73. The molecule has 5 aromatic rings. The van der Waals surface area contributed by atoms with E-state index in [2.05, 4.69) is 20.4 Å². The lowest BCUT2D eigenvalue weighted by Crippen LogP contribution is -2.02. The molecule has 0 radical (unpaired) electrons. The average Bonchev–Trinajstić information content (AvgIpc) is 3.65. The van der Waals surface area contributed by atoms with Crippen LogP contribution in [0.15, 0.2) is 75.6 Å². The van der Waals surface area contributed by atoms with Crippen molar-refractivity contribution < 1.29 is 13.9 Å². The predicted molar refractivity (Wildman–Crippen MR) is 132 cm³/mol. The Balaban J connectivity index is 1.53. The van der Waals surface area contributed by atoms with Crippen molar-refractivity contribution in [2.45, 2.75) is 17.3 Å². The normalized spacial score (nSPS) is 12.0. The molecule has 0 fully saturated rings. The van der Waals surface area contributed by atoms with Gasteiger partial charge in [0, 0.05) is 0 Å². The van der Waals surface area contributed by atoms with E-state index in [1.807, 2.05) is 77.5 Å². The number of nitrogens with zero attached hydrogens (tertiary/aromatic N) is 5. The smallest absolute Gasteiger partial charge is 0.257 e. The minimum Gasteiger partial charge on any atom is -0.497 e. The van der Waals surface area contributed by atoms with E-state index in [-0.39, 0.29) is 5.25 Å². The number of hydrogen-bond acceptors (Lipinski definition) is 9. The monoisotopic (exact) mass is 491 g/mol. The molecule has 1 unspecified atom stereocenters. The molecule has 3 aromatic heterocycles. The van der Waals surface area contributed by atoms with Crippen molar-refractivity contribution in [3.05, 3.63) is 71.9 Å². The van der Waals surface area contributed by atoms with Crippen LogP contribution in [-0.2, 0) is 0 Å². The van der Waals surface area contributed by atoms with Gasteiger partial charge < -0.3 is 13.9 Å². The first-order chi connectivity index (χ1) is 16.7. The van der Waals surface area contributed by atoms with Crippen LogP contribution in [0.5, 0.6) is 11.5 Å². The molecule has 0 bridgehead atoms. The van der Waals surface area contributed by atoms with Crippen LogP contribution in [0.2, 0.25) is 0 Å². The molecule has 172 valence electrons. The number of aromatic nitrogens is 5. The van der Waals surface area contributed by atoms with Crippen LogP contribution in [0, 0.1) is 0 Å². The molecule has 3 heterocycles. The van der Waals surface area contributed by atoms with Crippen LogP contribution in [0.1, 0.15) is 18.1 Å². The highest BCUT2D eigenvalue weighted by atomic mass is 32.2. The van der Waals surface area contributed by atoms with Gasteiger partial charge in [0.25, 0.3) is 5.89 Å². The first kappa shape index (κ1) is 22.2. The fraction of sp³-hybridized carbons (Fsp3) is 0.167. The van der Waals surface area contributed by atoms with Gasteiger partial charge in [0.05, 0.1) is 35.6 Å². The fourth-order valence-corrected chi connectivity index (χ4v) is 4.96. The molecule has 0 aliphatic rings. The van der Waals surface area contributed by atoms with Gasteiger partial charge in [0.2, 0.25) is 5.89 Å². The van der Waals surface area contributed by atoms with Crippen molar-refractivity contribution in [2.24, 2.45) is 0 Å². The molecular formula is C24H21N5O3S2. The largest absolute Gasteiger partial charge is 0.497 e. The summed E-state index contributed by atoms with van der Waals surface area (Å²) in [6, 6.07) is 19.4. The van der Waals surface area contributed by atoms with Crippen LogP contribution < -0.4 is 9.47 Å². The summed E-state index contributed by atoms with van der Waals surface area (Å²) in [7, 11) is 3.29. The molecule has 5 rings (SSSR count). The lowest BCUT2D eigenvalue weighted by molar-refractivity contribution is 0.414. The van der Waals surface area contributed by atoms with E-state index in [9.17, 15) is 0 Å². The van der Waals surface area contributed by atoms with E-state index < -0.39 is 0 Å². The highest BCUT2D eigenvalue weighted by Crippen LogP contribution is 2.39. The van der Waals surface area contributed by atoms with Crippen molar-refractivity contribution in [1.29, 1.82) is 0 Å². The summed E-state index contributed by atoms with van der Waals surface area (Å²) >= 11 is 3.05. The topological polar surface area (TPSA) is 88.1 Å². The summed E-state index contributed by atoms with van der Waals surface area (Å²) in [6.07, 6.45) is 0. The highest BCUT2D eigenvalue weighted by molar-refractivity contribution is 7.99. The second-order valence-corrected chi connectivity index (χ2v) is 9.48. The number of methoxy groups -OCH3 is 2. The molecular weight excluding hydrogens is 470 g/mol. The highest BCUT2D eigenvalue weighted by Gasteiger charge is 2.24. The third kappa shape index (κ3) is 4.29. The zero-order chi connectivity index (χ0) is 23.5. The molecule has 8 nitrogen and oxygen atoms in total. The quantitative estimate of drug-likeness (QED) is 0.247. The van der Waals surface area contributed by atoms with E-state index in [0.717, 1.165) is 21.9 Å². The zero-order valence-corrected chi connectivity index (χ0v) is 20.3. The second-order valence-electron chi connectivity index (χ2n) is 7.22. The number of ether oxygens (including phenoxy) is 2. The summed E-state index contributed by atoms with van der Waals surface area (Å²) < 4.78 is 18.9. The number of hydrogen-bond donors (Lipinski definition) is 0. The van der Waals surface area contributed by atoms with Gasteiger partial charge in [-0.15, -0.1) is 31.7 Å². The Labute approximate surface area is 204 Å². The van der Waals surface area contributed by atoms with Crippen LogP contribution in [0.3, 0.4) is 0 Å². The Morgan fingerprint density at radius 3 is 2.47 bits per heavy atom. The second kappa shape index (κ2) is 9.70. The molecule has 0 N–H and O–H groups in total. The lowest BCUT2D eigenvalue weighted by Gasteiger charge is -2.14. The van der Waals surface area contributed by atoms with Crippen molar-refractivity contribution in [1.82, 2.24) is 25.0 Å². The van der Waals surface area contributed by atoms with Crippen molar-refractivity contribution in [3.63, 3.8) is 0 Å². The van der Waals surface area contributed by atoms with E-state index in [0.29, 0.717) is 28.5 Å². The van der Waals surface area contributed by atoms with E-state index >= 15 is 0 Å². The third-order valence-electron chi connectivity index (χ3n) is 5.11. The Bertz CT molecular complexity index is 1380. The molecule has 2 aromatic carbocycles. The van der Waals surface area contributed by atoms with Gasteiger partial charge in [-0.25, -0.2) is 0 Å². The van der Waals surface area contributed by atoms with Crippen LogP contribution in [0.4, 0.5) is 0 Å². The van der Waals surface area contributed by atoms with E-state index in [1.54, 1.807) is 25.6 Å². The van der Waals surface area contributed by atoms with E-state index in [1.165, 1.54) is 11.8 Å². The maximum Gasteiger partial charge on any atom is 0.257 e. The Hall–Kier alpha value is -3.63. The van der Waals surface area contributed by atoms with Crippen molar-refractivity contribution in [2.75, 3.05) is 14.2 Å². The lowest BCUT2D eigenvalue weighted by atomic mass is 10.2. The predicted octanol–water partition coefficient (Wildman–Crippen LogP) is 5.92. The Morgan fingerprint density at radius 1 is 0.912 bits per heavy atom. The summed E-state index contributed by atoms with van der Waals surface area (Å²) in [5.74, 6) is 3.19. The molecule has 0 spiro atoms. The molecule has 34 heavy (non-hydrogen) atoms. The molecule has 0 amide bonds. The minimum atomic E-state index is -0.145. The summed E-state index contributed by atoms with van der Waals surface area (Å²) in [5, 5.41) is 20.0. The van der Waals surface area contributed by atoms with Crippen LogP contribution >= 0.6 is 23.1 Å². The van der Waals surface area contributed by atoms with Gasteiger partial charge in [-0.3, -0.25) is 4.57 Å². The average molecular weight is 492 g/mol. The molecule has 0 saturated carbocycles. The first-order valence-corrected chi connectivity index (χ1v) is 12.2. The molecule has 0 aliphatic carbocycles. The molecule has 10 heteroatoms. The van der Waals surface area contributed by atoms with Gasteiger partial charge in [-0.05, 0) is 54.8 Å². The molecule has 0 aliphatic heterocycles. The maximum absolute atomic E-state index is 5.94. The summed E-state index contributed by atoms with van der Waals surface area (Å²) in [6.45, 7) is 2.01. The summed E-state index contributed by atoms with van der Waals surface area (Å²) in [4.78, 5) is 0.941. The molecule has 0 saturated heterocycles. The van der Waals surface area contributed by atoms with Crippen molar-refractivity contribution in [3.8, 4) is 39.3 Å². The number of rotatable bonds is 8. The number of benzene rings is 2. The van der Waals surface area contributed by atoms with Gasteiger partial charge in [-0.1, -0.05) is 30.0 Å². The maximum atomic E-state index is 5.94. The standard InChI is InChI=1S/C24H21N5O3S2/c1-15(22-26-27-23(32-22)20-9-6-14-33-20)34-24-28-25-21(18-7-4-5-8-19(18)31-3)29(24)16-10-12-17(30-2)13-11-16/h4-15H,1-3H3. The first-order valence-electron chi connectivity index (χ1n) is 10.4. The minimum absolute atomic E-state index is 0.145. The van der Waals surface area contributed by atoms with E-state index in [4.69, 9.17) is 13.9 Å². The fourth-order valence-electron chi connectivity index (χ4n) is 3.42.